The van der Waals surface area contributed by atoms with Crippen LogP contribution in [0, 0.1) is 5.82 Å². The maximum Gasteiger partial charge on any atom is 0.321 e. The fourth-order valence-corrected chi connectivity index (χ4v) is 4.48. The molecule has 2 aromatic carbocycles. The molecule has 27 heavy (non-hydrogen) atoms. The fourth-order valence-electron chi connectivity index (χ4n) is 4.48. The Morgan fingerprint density at radius 2 is 1.89 bits per heavy atom. The van der Waals surface area contributed by atoms with Crippen molar-refractivity contribution >= 4 is 11.7 Å². The first-order chi connectivity index (χ1) is 13.1. The summed E-state index contributed by atoms with van der Waals surface area (Å²) in [5.74, 6) is -0.224. The van der Waals surface area contributed by atoms with Gasteiger partial charge in [-0.15, -0.1) is 0 Å². The van der Waals surface area contributed by atoms with Gasteiger partial charge in [-0.3, -0.25) is 9.80 Å². The van der Waals surface area contributed by atoms with E-state index < -0.39 is 0 Å². The lowest BCUT2D eigenvalue weighted by atomic mass is 9.74. The Labute approximate surface area is 160 Å². The quantitative estimate of drug-likeness (QED) is 0.893. The van der Waals surface area contributed by atoms with E-state index >= 15 is 0 Å². The van der Waals surface area contributed by atoms with Crippen molar-refractivity contribution in [1.29, 1.82) is 0 Å². The van der Waals surface area contributed by atoms with Crippen LogP contribution < -0.4 is 10.2 Å². The molecule has 2 aliphatic heterocycles. The third-order valence-corrected chi connectivity index (χ3v) is 5.92. The summed E-state index contributed by atoms with van der Waals surface area (Å²) in [6.07, 6.45) is 1.87. The van der Waals surface area contributed by atoms with E-state index in [1.54, 1.807) is 17.0 Å². The molecule has 0 radical (unpaired) electrons. The predicted molar refractivity (Wildman–Crippen MR) is 105 cm³/mol. The zero-order chi connectivity index (χ0) is 18.9. The standard InChI is InChI=1S/C22H26FN3O/c1-2-24-21(27)26-16-22(19-14-18(23)8-9-20(19)26)10-12-25(13-11-22)15-17-6-4-3-5-7-17/h3-9,14H,2,10-13,15-16H2,1H3,(H,24,27). The molecule has 1 fully saturated rings. The first-order valence-electron chi connectivity index (χ1n) is 9.73. The fraction of sp³-hybridized carbons (Fsp3) is 0.409. The molecule has 0 unspecified atom stereocenters. The Morgan fingerprint density at radius 3 is 2.59 bits per heavy atom. The third-order valence-electron chi connectivity index (χ3n) is 5.92. The van der Waals surface area contributed by atoms with Crippen LogP contribution in [-0.2, 0) is 12.0 Å². The lowest BCUT2D eigenvalue weighted by Gasteiger charge is -2.40. The van der Waals surface area contributed by atoms with Gasteiger partial charge in [0.1, 0.15) is 5.82 Å². The summed E-state index contributed by atoms with van der Waals surface area (Å²) in [7, 11) is 0. The average Bonchev–Trinajstić information content (AvgIpc) is 2.99. The molecule has 0 aliphatic carbocycles. The molecule has 0 aromatic heterocycles. The van der Waals surface area contributed by atoms with Gasteiger partial charge in [0, 0.05) is 30.7 Å². The number of benzene rings is 2. The summed E-state index contributed by atoms with van der Waals surface area (Å²) in [6.45, 7) is 5.98. The summed E-state index contributed by atoms with van der Waals surface area (Å²) >= 11 is 0. The number of amides is 2. The van der Waals surface area contributed by atoms with Crippen LogP contribution >= 0.6 is 0 Å². The van der Waals surface area contributed by atoms with Crippen molar-refractivity contribution < 1.29 is 9.18 Å². The molecule has 1 saturated heterocycles. The van der Waals surface area contributed by atoms with Crippen LogP contribution in [0.4, 0.5) is 14.9 Å². The molecule has 5 heteroatoms. The predicted octanol–water partition coefficient (Wildman–Crippen LogP) is 3.91. The monoisotopic (exact) mass is 367 g/mol. The number of halogens is 1. The van der Waals surface area contributed by atoms with E-state index in [-0.39, 0.29) is 17.3 Å². The minimum absolute atomic E-state index is 0.0889. The van der Waals surface area contributed by atoms with E-state index in [0.29, 0.717) is 13.1 Å². The van der Waals surface area contributed by atoms with Crippen molar-refractivity contribution in [3.05, 3.63) is 65.5 Å². The summed E-state index contributed by atoms with van der Waals surface area (Å²) < 4.78 is 14.0. The number of carbonyl (C=O) groups is 1. The maximum atomic E-state index is 14.0. The number of nitrogens with one attached hydrogen (secondary N) is 1. The number of hydrogen-bond acceptors (Lipinski definition) is 2. The lowest BCUT2D eigenvalue weighted by molar-refractivity contribution is 0.159. The third kappa shape index (κ3) is 3.44. The largest absolute Gasteiger partial charge is 0.338 e. The van der Waals surface area contributed by atoms with Gasteiger partial charge in [-0.25, -0.2) is 9.18 Å². The number of piperidine rings is 1. The van der Waals surface area contributed by atoms with Gasteiger partial charge in [-0.05, 0) is 62.2 Å². The number of nitrogens with zero attached hydrogens (tertiary/aromatic N) is 2. The topological polar surface area (TPSA) is 35.6 Å². The maximum absolute atomic E-state index is 14.0. The highest BCUT2D eigenvalue weighted by Gasteiger charge is 2.46. The van der Waals surface area contributed by atoms with Gasteiger partial charge in [0.05, 0.1) is 0 Å². The van der Waals surface area contributed by atoms with Gasteiger partial charge in [-0.1, -0.05) is 30.3 Å². The summed E-state index contributed by atoms with van der Waals surface area (Å²) in [4.78, 5) is 16.8. The Kier molecular flexibility index (Phi) is 4.87. The molecule has 2 amide bonds. The lowest BCUT2D eigenvalue weighted by Crippen LogP contribution is -2.47. The molecule has 2 heterocycles. The van der Waals surface area contributed by atoms with E-state index in [9.17, 15) is 9.18 Å². The highest BCUT2D eigenvalue weighted by molar-refractivity contribution is 5.95. The molecule has 142 valence electrons. The first kappa shape index (κ1) is 18.0. The molecule has 4 rings (SSSR count). The van der Waals surface area contributed by atoms with Gasteiger partial charge in [0.15, 0.2) is 0 Å². The second-order valence-corrected chi connectivity index (χ2v) is 7.63. The molecule has 0 bridgehead atoms. The van der Waals surface area contributed by atoms with Gasteiger partial charge in [-0.2, -0.15) is 0 Å². The number of urea groups is 1. The van der Waals surface area contributed by atoms with Crippen LogP contribution in [0.25, 0.3) is 0 Å². The number of fused-ring (bicyclic) bond motifs is 2. The van der Waals surface area contributed by atoms with Crippen LogP contribution in [0.1, 0.15) is 30.9 Å². The Morgan fingerprint density at radius 1 is 1.15 bits per heavy atom. The molecule has 1 N–H and O–H groups in total. The van der Waals surface area contributed by atoms with Gasteiger partial charge < -0.3 is 5.32 Å². The minimum atomic E-state index is -0.224. The first-order valence-corrected chi connectivity index (χ1v) is 9.73. The number of rotatable bonds is 3. The highest BCUT2D eigenvalue weighted by Crippen LogP contribution is 2.47. The molecule has 0 atom stereocenters. The Bertz CT molecular complexity index is 816. The van der Waals surface area contributed by atoms with Crippen molar-refractivity contribution in [3.8, 4) is 0 Å². The molecule has 4 nitrogen and oxygen atoms in total. The zero-order valence-corrected chi connectivity index (χ0v) is 15.7. The second-order valence-electron chi connectivity index (χ2n) is 7.63. The van der Waals surface area contributed by atoms with E-state index in [1.165, 1.54) is 11.6 Å². The highest BCUT2D eigenvalue weighted by atomic mass is 19.1. The van der Waals surface area contributed by atoms with E-state index in [2.05, 4.69) is 34.5 Å². The summed E-state index contributed by atoms with van der Waals surface area (Å²) in [5.41, 5.74) is 3.03. The molecule has 1 spiro atoms. The van der Waals surface area contributed by atoms with E-state index in [1.807, 2.05) is 13.0 Å². The van der Waals surface area contributed by atoms with Gasteiger partial charge >= 0.3 is 6.03 Å². The Balaban J connectivity index is 1.54. The zero-order valence-electron chi connectivity index (χ0n) is 15.7. The Hall–Kier alpha value is -2.40. The van der Waals surface area contributed by atoms with Crippen LogP contribution in [0.2, 0.25) is 0 Å². The van der Waals surface area contributed by atoms with Crippen molar-refractivity contribution in [2.24, 2.45) is 0 Å². The number of hydrogen-bond donors (Lipinski definition) is 1. The van der Waals surface area contributed by atoms with Crippen LogP contribution in [-0.4, -0.2) is 37.1 Å². The van der Waals surface area contributed by atoms with E-state index in [4.69, 9.17) is 0 Å². The smallest absolute Gasteiger partial charge is 0.321 e. The van der Waals surface area contributed by atoms with E-state index in [0.717, 1.165) is 43.7 Å². The summed E-state index contributed by atoms with van der Waals surface area (Å²) in [6, 6.07) is 15.2. The van der Waals surface area contributed by atoms with Crippen LogP contribution in [0.15, 0.2) is 48.5 Å². The number of likely N-dealkylation sites (tertiary alicyclic amines) is 1. The number of carbonyl (C=O) groups excluding carboxylic acids is 1. The van der Waals surface area contributed by atoms with Crippen molar-refractivity contribution in [2.75, 3.05) is 31.1 Å². The molecule has 2 aliphatic rings. The van der Waals surface area contributed by atoms with Crippen LogP contribution in [0.3, 0.4) is 0 Å². The average molecular weight is 367 g/mol. The summed E-state index contributed by atoms with van der Waals surface area (Å²) in [5, 5.41) is 2.89. The molecular weight excluding hydrogens is 341 g/mol. The number of anilines is 1. The second kappa shape index (κ2) is 7.31. The molecule has 2 aromatic rings. The normalized spacial score (nSPS) is 18.5. The SMILES string of the molecule is CCNC(=O)N1CC2(CCN(Cc3ccccc3)CC2)c2cc(F)ccc21. The minimum Gasteiger partial charge on any atom is -0.338 e. The van der Waals surface area contributed by atoms with Crippen molar-refractivity contribution in [3.63, 3.8) is 0 Å². The van der Waals surface area contributed by atoms with Gasteiger partial charge in [0.25, 0.3) is 0 Å². The van der Waals surface area contributed by atoms with Crippen LogP contribution in [0.5, 0.6) is 0 Å². The van der Waals surface area contributed by atoms with Gasteiger partial charge in [0.2, 0.25) is 0 Å². The van der Waals surface area contributed by atoms with Crippen molar-refractivity contribution in [1.82, 2.24) is 10.2 Å². The van der Waals surface area contributed by atoms with Crippen molar-refractivity contribution in [2.45, 2.75) is 31.7 Å². The molecule has 0 saturated carbocycles. The molecular formula is C22H26FN3O.